The molecule has 0 fully saturated rings. The maximum atomic E-state index is 12.9. The van der Waals surface area contributed by atoms with Crippen LogP contribution in [0.15, 0.2) is 58.5 Å². The van der Waals surface area contributed by atoms with Gasteiger partial charge >= 0.3 is 0 Å². The van der Waals surface area contributed by atoms with Crippen molar-refractivity contribution in [1.82, 2.24) is 9.97 Å². The number of amides is 2. The van der Waals surface area contributed by atoms with Crippen LogP contribution in [0.5, 0.6) is 5.75 Å². The van der Waals surface area contributed by atoms with Crippen molar-refractivity contribution in [3.8, 4) is 5.75 Å². The predicted molar refractivity (Wildman–Crippen MR) is 122 cm³/mol. The molecule has 1 unspecified atom stereocenters. The lowest BCUT2D eigenvalue weighted by Gasteiger charge is -2.24. The Labute approximate surface area is 188 Å². The summed E-state index contributed by atoms with van der Waals surface area (Å²) in [5, 5.41) is 3.18. The molecule has 8 nitrogen and oxygen atoms in total. The Bertz CT molecular complexity index is 1210. The topological polar surface area (TPSA) is 127 Å². The number of nitrogens with one attached hydrogen (secondary N) is 2. The number of H-pyrrole nitrogens is 1. The standard InChI is InChI=1S/C23H22N4O4S/c1-13-2-4-14(5-3-13)12-32-23-26-21-20(22(30)27-23)17(10-19(29)25-21)15-6-8-16(9-7-15)31-11-18(24)28/h2-9,17H,10-12H2,1H3,(H2,24,28)(H2,25,26,27,29,30). The van der Waals surface area contributed by atoms with Gasteiger partial charge in [0.2, 0.25) is 5.91 Å². The number of hydrogen-bond donors (Lipinski definition) is 3. The Morgan fingerprint density at radius 1 is 1.16 bits per heavy atom. The number of nitrogens with zero attached hydrogens (tertiary/aromatic N) is 1. The van der Waals surface area contributed by atoms with Crippen LogP contribution in [0.2, 0.25) is 0 Å². The molecular weight excluding hydrogens is 428 g/mol. The third kappa shape index (κ3) is 5.00. The molecule has 2 aromatic carbocycles. The monoisotopic (exact) mass is 450 g/mol. The van der Waals surface area contributed by atoms with E-state index >= 15 is 0 Å². The molecule has 3 aromatic rings. The van der Waals surface area contributed by atoms with Gasteiger partial charge in [0.15, 0.2) is 11.8 Å². The Morgan fingerprint density at radius 2 is 1.88 bits per heavy atom. The maximum absolute atomic E-state index is 12.9. The van der Waals surface area contributed by atoms with Crippen LogP contribution in [0.1, 0.15) is 34.6 Å². The third-order valence-corrected chi connectivity index (χ3v) is 6.03. The van der Waals surface area contributed by atoms with Crippen molar-refractivity contribution in [1.29, 1.82) is 0 Å². The molecule has 164 valence electrons. The van der Waals surface area contributed by atoms with Gasteiger partial charge in [-0.3, -0.25) is 14.4 Å². The SMILES string of the molecule is Cc1ccc(CSc2nc3c(c(=O)[nH]2)C(c2ccc(OCC(N)=O)cc2)CC(=O)N3)cc1. The van der Waals surface area contributed by atoms with Crippen molar-refractivity contribution in [2.24, 2.45) is 5.73 Å². The van der Waals surface area contributed by atoms with Crippen LogP contribution in [-0.2, 0) is 15.3 Å². The molecule has 1 atom stereocenters. The van der Waals surface area contributed by atoms with Gasteiger partial charge in [-0.2, -0.15) is 0 Å². The number of hydrogen-bond acceptors (Lipinski definition) is 6. The molecule has 0 saturated carbocycles. The smallest absolute Gasteiger partial charge is 0.257 e. The summed E-state index contributed by atoms with van der Waals surface area (Å²) in [5.74, 6) is 0.200. The number of rotatable bonds is 7. The fourth-order valence-electron chi connectivity index (χ4n) is 3.49. The Morgan fingerprint density at radius 3 is 2.56 bits per heavy atom. The van der Waals surface area contributed by atoms with Gasteiger partial charge < -0.3 is 20.8 Å². The van der Waals surface area contributed by atoms with Crippen LogP contribution in [0.4, 0.5) is 5.82 Å². The minimum atomic E-state index is -0.569. The largest absolute Gasteiger partial charge is 0.484 e. The Hall–Kier alpha value is -3.59. The van der Waals surface area contributed by atoms with Crippen LogP contribution in [0.3, 0.4) is 0 Å². The number of primary amides is 1. The molecule has 1 aromatic heterocycles. The lowest BCUT2D eigenvalue weighted by atomic mass is 9.87. The van der Waals surface area contributed by atoms with Crippen LogP contribution in [-0.4, -0.2) is 28.4 Å². The summed E-state index contributed by atoms with van der Waals surface area (Å²) < 4.78 is 5.27. The third-order valence-electron chi connectivity index (χ3n) is 5.09. The number of aromatic nitrogens is 2. The number of nitrogens with two attached hydrogens (primary N) is 1. The van der Waals surface area contributed by atoms with E-state index < -0.39 is 11.8 Å². The van der Waals surface area contributed by atoms with Crippen molar-refractivity contribution in [2.45, 2.75) is 30.2 Å². The number of aromatic amines is 1. The average Bonchev–Trinajstić information content (AvgIpc) is 2.77. The molecule has 0 bridgehead atoms. The molecule has 1 aliphatic heterocycles. The van der Waals surface area contributed by atoms with Gasteiger partial charge in [0.1, 0.15) is 11.6 Å². The Kier molecular flexibility index (Phi) is 6.27. The summed E-state index contributed by atoms with van der Waals surface area (Å²) in [4.78, 5) is 43.5. The number of fused-ring (bicyclic) bond motifs is 1. The predicted octanol–water partition coefficient (Wildman–Crippen LogP) is 2.71. The van der Waals surface area contributed by atoms with Crippen molar-refractivity contribution < 1.29 is 14.3 Å². The minimum absolute atomic E-state index is 0.134. The first-order valence-corrected chi connectivity index (χ1v) is 11.0. The van der Waals surface area contributed by atoms with Crippen LogP contribution >= 0.6 is 11.8 Å². The molecule has 9 heteroatoms. The molecule has 2 heterocycles. The first-order valence-electron chi connectivity index (χ1n) is 10.0. The summed E-state index contributed by atoms with van der Waals surface area (Å²) in [6.07, 6.45) is 0.134. The van der Waals surface area contributed by atoms with E-state index in [1.54, 1.807) is 24.3 Å². The zero-order valence-corrected chi connectivity index (χ0v) is 18.2. The van der Waals surface area contributed by atoms with Gasteiger partial charge in [-0.05, 0) is 30.2 Å². The molecule has 2 amide bonds. The second-order valence-electron chi connectivity index (χ2n) is 7.54. The minimum Gasteiger partial charge on any atom is -0.484 e. The molecule has 4 rings (SSSR count). The molecule has 1 aliphatic rings. The number of thioether (sulfide) groups is 1. The second kappa shape index (κ2) is 9.27. The molecular formula is C23H22N4O4S. The van der Waals surface area contributed by atoms with Gasteiger partial charge in [-0.1, -0.05) is 53.7 Å². The highest BCUT2D eigenvalue weighted by Crippen LogP contribution is 2.35. The maximum Gasteiger partial charge on any atom is 0.257 e. The fourth-order valence-corrected chi connectivity index (χ4v) is 4.31. The van der Waals surface area contributed by atoms with Crippen molar-refractivity contribution >= 4 is 29.4 Å². The van der Waals surface area contributed by atoms with Crippen molar-refractivity contribution in [2.75, 3.05) is 11.9 Å². The lowest BCUT2D eigenvalue weighted by molar-refractivity contribution is -0.120. The van der Waals surface area contributed by atoms with Crippen LogP contribution in [0.25, 0.3) is 0 Å². The fraction of sp³-hybridized carbons (Fsp3) is 0.217. The number of carbonyl (C=O) groups excluding carboxylic acids is 2. The normalized spacial score (nSPS) is 15.0. The number of aryl methyl sites for hydroxylation is 1. The summed E-state index contributed by atoms with van der Waals surface area (Å²) in [7, 11) is 0. The molecule has 0 saturated heterocycles. The van der Waals surface area contributed by atoms with Crippen LogP contribution < -0.4 is 21.3 Å². The highest BCUT2D eigenvalue weighted by atomic mass is 32.2. The first kappa shape index (κ1) is 21.6. The quantitative estimate of drug-likeness (QED) is 0.375. The van der Waals surface area contributed by atoms with E-state index in [1.807, 2.05) is 31.2 Å². The zero-order valence-electron chi connectivity index (χ0n) is 17.4. The van der Waals surface area contributed by atoms with E-state index in [0.717, 1.165) is 11.1 Å². The highest BCUT2D eigenvalue weighted by Gasteiger charge is 2.31. The van der Waals surface area contributed by atoms with Gasteiger partial charge in [0.05, 0.1) is 5.56 Å². The average molecular weight is 451 g/mol. The molecule has 4 N–H and O–H groups in total. The van der Waals surface area contributed by atoms with Crippen molar-refractivity contribution in [3.05, 3.63) is 81.1 Å². The summed E-state index contributed by atoms with van der Waals surface area (Å²) in [5.41, 5.74) is 8.31. The number of anilines is 1. The number of benzene rings is 2. The van der Waals surface area contributed by atoms with Crippen LogP contribution in [0, 0.1) is 6.92 Å². The van der Waals surface area contributed by atoms with Crippen molar-refractivity contribution in [3.63, 3.8) is 0 Å². The molecule has 0 spiro atoms. The van der Waals surface area contributed by atoms with Gasteiger partial charge in [-0.15, -0.1) is 0 Å². The van der Waals surface area contributed by atoms with E-state index in [9.17, 15) is 14.4 Å². The lowest BCUT2D eigenvalue weighted by Crippen LogP contribution is -2.31. The second-order valence-corrected chi connectivity index (χ2v) is 8.50. The molecule has 32 heavy (non-hydrogen) atoms. The van der Waals surface area contributed by atoms with Gasteiger partial charge in [0, 0.05) is 18.1 Å². The number of ether oxygens (including phenoxy) is 1. The summed E-state index contributed by atoms with van der Waals surface area (Å²) in [6.45, 7) is 1.81. The van der Waals surface area contributed by atoms with E-state index in [1.165, 1.54) is 17.3 Å². The zero-order chi connectivity index (χ0) is 22.7. The van der Waals surface area contributed by atoms with E-state index in [4.69, 9.17) is 10.5 Å². The summed E-state index contributed by atoms with van der Waals surface area (Å²) >= 11 is 1.40. The van der Waals surface area contributed by atoms with E-state index in [2.05, 4.69) is 15.3 Å². The highest BCUT2D eigenvalue weighted by molar-refractivity contribution is 7.98. The first-order chi connectivity index (χ1) is 15.4. The van der Waals surface area contributed by atoms with Gasteiger partial charge in [0.25, 0.3) is 11.5 Å². The Balaban J connectivity index is 1.56. The van der Waals surface area contributed by atoms with E-state index in [-0.39, 0.29) is 30.3 Å². The molecule has 0 radical (unpaired) electrons. The summed E-state index contributed by atoms with van der Waals surface area (Å²) in [6, 6.07) is 15.0. The van der Waals surface area contributed by atoms with Gasteiger partial charge in [-0.25, -0.2) is 4.98 Å². The molecule has 0 aliphatic carbocycles. The van der Waals surface area contributed by atoms with E-state index in [0.29, 0.717) is 22.2 Å². The number of carbonyl (C=O) groups is 2.